The van der Waals surface area contributed by atoms with Crippen molar-refractivity contribution in [1.82, 2.24) is 0 Å². The summed E-state index contributed by atoms with van der Waals surface area (Å²) in [7, 11) is 1.46. The second-order valence-corrected chi connectivity index (χ2v) is 6.43. The third kappa shape index (κ3) is 2.43. The van der Waals surface area contributed by atoms with E-state index in [0.717, 1.165) is 0 Å². The van der Waals surface area contributed by atoms with E-state index in [9.17, 15) is 9.59 Å². The molecule has 0 aliphatic heterocycles. The fraction of sp³-hybridized carbons (Fsp3) is 0.385. The van der Waals surface area contributed by atoms with Crippen LogP contribution in [0.25, 0.3) is 0 Å². The number of halogens is 2. The minimum atomic E-state index is -1.06. The summed E-state index contributed by atoms with van der Waals surface area (Å²) in [4.78, 5) is 23.4. The predicted octanol–water partition coefficient (Wildman–Crippen LogP) is 2.32. The van der Waals surface area contributed by atoms with Crippen molar-refractivity contribution in [3.05, 3.63) is 23.8 Å². The Bertz CT molecular complexity index is 589. The van der Waals surface area contributed by atoms with Crippen LogP contribution in [0, 0.1) is 5.41 Å². The number of anilines is 1. The van der Waals surface area contributed by atoms with E-state index in [1.54, 1.807) is 13.0 Å². The lowest BCUT2D eigenvalue weighted by molar-refractivity contribution is -0.120. The van der Waals surface area contributed by atoms with E-state index >= 15 is 0 Å². The van der Waals surface area contributed by atoms with Crippen molar-refractivity contribution in [2.24, 2.45) is 11.1 Å². The molecular weight excluding hydrogens is 303 g/mol. The lowest BCUT2D eigenvalue weighted by Crippen LogP contribution is -2.26. The average Bonchev–Trinajstić information content (AvgIpc) is 2.89. The van der Waals surface area contributed by atoms with E-state index in [1.165, 1.54) is 19.2 Å². The van der Waals surface area contributed by atoms with Crippen LogP contribution in [0.15, 0.2) is 18.2 Å². The zero-order chi connectivity index (χ0) is 15.1. The van der Waals surface area contributed by atoms with E-state index < -0.39 is 15.7 Å². The number of hydrogen-bond donors (Lipinski definition) is 2. The van der Waals surface area contributed by atoms with Crippen LogP contribution in [0.2, 0.25) is 0 Å². The van der Waals surface area contributed by atoms with Gasteiger partial charge in [-0.1, -0.05) is 0 Å². The Kier molecular flexibility index (Phi) is 3.60. The zero-order valence-electron chi connectivity index (χ0n) is 11.0. The van der Waals surface area contributed by atoms with Gasteiger partial charge in [0.2, 0.25) is 11.8 Å². The van der Waals surface area contributed by atoms with Gasteiger partial charge in [-0.15, -0.1) is 23.2 Å². The summed E-state index contributed by atoms with van der Waals surface area (Å²) in [6, 6.07) is 4.53. The summed E-state index contributed by atoms with van der Waals surface area (Å²) >= 11 is 11.9. The number of rotatable bonds is 4. The number of alkyl halides is 2. The van der Waals surface area contributed by atoms with Crippen molar-refractivity contribution in [1.29, 1.82) is 0 Å². The minimum Gasteiger partial charge on any atom is -0.495 e. The Morgan fingerprint density at radius 1 is 1.40 bits per heavy atom. The van der Waals surface area contributed by atoms with Gasteiger partial charge in [0.1, 0.15) is 10.1 Å². The summed E-state index contributed by atoms with van der Waals surface area (Å²) in [6.07, 6.45) is 0.368. The standard InChI is InChI=1S/C13H14Cl2N2O3/c1-12(6-13(12,14)15)11(19)17-8-5-7(10(16)18)3-4-9(8)20-2/h3-5H,6H2,1-2H3,(H2,16,18)(H,17,19)/t12-/m0/s1. The number of hydrogen-bond acceptors (Lipinski definition) is 3. The number of nitrogens with two attached hydrogens (primary N) is 1. The number of primary amides is 1. The first-order chi connectivity index (χ1) is 9.21. The molecule has 1 fully saturated rings. The van der Waals surface area contributed by atoms with Crippen LogP contribution in [0.5, 0.6) is 5.75 Å². The lowest BCUT2D eigenvalue weighted by Gasteiger charge is -2.15. The molecule has 108 valence electrons. The molecule has 5 nitrogen and oxygen atoms in total. The highest BCUT2D eigenvalue weighted by Gasteiger charge is 2.67. The molecule has 1 aliphatic rings. The molecule has 1 saturated carbocycles. The van der Waals surface area contributed by atoms with Gasteiger partial charge >= 0.3 is 0 Å². The van der Waals surface area contributed by atoms with Gasteiger partial charge in [-0.2, -0.15) is 0 Å². The van der Waals surface area contributed by atoms with E-state index in [0.29, 0.717) is 17.9 Å². The largest absolute Gasteiger partial charge is 0.495 e. The summed E-state index contributed by atoms with van der Waals surface area (Å²) in [5, 5.41) is 2.67. The molecular formula is C13H14Cl2N2O3. The van der Waals surface area contributed by atoms with Gasteiger partial charge in [-0.05, 0) is 31.5 Å². The molecule has 0 bridgehead atoms. The van der Waals surface area contributed by atoms with Crippen LogP contribution in [0.4, 0.5) is 5.69 Å². The monoisotopic (exact) mass is 316 g/mol. The fourth-order valence-electron chi connectivity index (χ4n) is 1.87. The molecule has 2 amide bonds. The number of methoxy groups -OCH3 is 1. The average molecular weight is 317 g/mol. The van der Waals surface area contributed by atoms with Gasteiger partial charge in [0, 0.05) is 5.56 Å². The molecule has 1 aromatic carbocycles. The van der Waals surface area contributed by atoms with Crippen LogP contribution >= 0.6 is 23.2 Å². The first-order valence-corrected chi connectivity index (χ1v) is 6.64. The summed E-state index contributed by atoms with van der Waals surface area (Å²) in [5.74, 6) is -0.505. The van der Waals surface area contributed by atoms with E-state index in [-0.39, 0.29) is 11.5 Å². The molecule has 0 unspecified atom stereocenters. The first-order valence-electron chi connectivity index (χ1n) is 5.88. The molecule has 20 heavy (non-hydrogen) atoms. The molecule has 3 N–H and O–H groups in total. The Balaban J connectivity index is 2.27. The van der Waals surface area contributed by atoms with E-state index in [2.05, 4.69) is 5.32 Å². The Labute approximate surface area is 126 Å². The molecule has 2 rings (SSSR count). The highest BCUT2D eigenvalue weighted by Crippen LogP contribution is 2.64. The van der Waals surface area contributed by atoms with Crippen LogP contribution in [0.1, 0.15) is 23.7 Å². The van der Waals surface area contributed by atoms with Crippen molar-refractivity contribution in [3.63, 3.8) is 0 Å². The summed E-state index contributed by atoms with van der Waals surface area (Å²) in [6.45, 7) is 1.67. The lowest BCUT2D eigenvalue weighted by atomic mass is 10.1. The number of ether oxygens (including phenoxy) is 1. The Morgan fingerprint density at radius 3 is 2.45 bits per heavy atom. The molecule has 1 aromatic rings. The third-order valence-electron chi connectivity index (χ3n) is 3.49. The molecule has 0 heterocycles. The maximum atomic E-state index is 12.2. The normalized spacial score (nSPS) is 23.0. The van der Waals surface area contributed by atoms with Crippen LogP contribution in [-0.4, -0.2) is 23.3 Å². The quantitative estimate of drug-likeness (QED) is 0.836. The number of amides is 2. The van der Waals surface area contributed by atoms with Crippen molar-refractivity contribution in [2.45, 2.75) is 17.7 Å². The van der Waals surface area contributed by atoms with Crippen LogP contribution in [0.3, 0.4) is 0 Å². The predicted molar refractivity (Wildman–Crippen MR) is 77.3 cm³/mol. The Morgan fingerprint density at radius 2 is 2.00 bits per heavy atom. The Hall–Kier alpha value is -1.46. The fourth-order valence-corrected chi connectivity index (χ4v) is 2.57. The van der Waals surface area contributed by atoms with Gasteiger partial charge in [0.15, 0.2) is 0 Å². The third-order valence-corrected chi connectivity index (χ3v) is 4.59. The second kappa shape index (κ2) is 4.82. The van der Waals surface area contributed by atoms with E-state index in [1.807, 2.05) is 0 Å². The van der Waals surface area contributed by atoms with Crippen molar-refractivity contribution in [3.8, 4) is 5.75 Å². The summed E-state index contributed by atoms with van der Waals surface area (Å²) < 4.78 is 4.07. The molecule has 0 radical (unpaired) electrons. The SMILES string of the molecule is COc1ccc(C(N)=O)cc1NC(=O)[C@]1(C)CC1(Cl)Cl. The second-order valence-electron chi connectivity index (χ2n) is 4.95. The van der Waals surface area contributed by atoms with E-state index in [4.69, 9.17) is 33.7 Å². The van der Waals surface area contributed by atoms with Gasteiger partial charge in [-0.25, -0.2) is 0 Å². The molecule has 0 saturated heterocycles. The number of benzene rings is 1. The van der Waals surface area contributed by atoms with Crippen LogP contribution in [-0.2, 0) is 4.79 Å². The van der Waals surface area contributed by atoms with Gasteiger partial charge in [0.25, 0.3) is 0 Å². The van der Waals surface area contributed by atoms with Crippen molar-refractivity contribution < 1.29 is 14.3 Å². The van der Waals surface area contributed by atoms with Gasteiger partial charge < -0.3 is 15.8 Å². The number of carbonyl (C=O) groups is 2. The number of nitrogens with one attached hydrogen (secondary N) is 1. The topological polar surface area (TPSA) is 81.4 Å². The molecule has 0 aromatic heterocycles. The first kappa shape index (κ1) is 14.9. The van der Waals surface area contributed by atoms with Crippen molar-refractivity contribution in [2.75, 3.05) is 12.4 Å². The maximum absolute atomic E-state index is 12.2. The zero-order valence-corrected chi connectivity index (χ0v) is 12.5. The molecule has 1 atom stereocenters. The molecule has 0 spiro atoms. The highest BCUT2D eigenvalue weighted by atomic mass is 35.5. The van der Waals surface area contributed by atoms with Gasteiger partial charge in [0.05, 0.1) is 18.2 Å². The summed E-state index contributed by atoms with van der Waals surface area (Å²) in [5.41, 5.74) is 4.98. The minimum absolute atomic E-state index is 0.269. The molecule has 7 heteroatoms. The maximum Gasteiger partial charge on any atom is 0.248 e. The van der Waals surface area contributed by atoms with Gasteiger partial charge in [-0.3, -0.25) is 9.59 Å². The van der Waals surface area contributed by atoms with Crippen molar-refractivity contribution >= 4 is 40.7 Å². The highest BCUT2D eigenvalue weighted by molar-refractivity contribution is 6.53. The number of carbonyl (C=O) groups excluding carboxylic acids is 2. The van der Waals surface area contributed by atoms with Crippen LogP contribution < -0.4 is 15.8 Å². The smallest absolute Gasteiger partial charge is 0.248 e. The molecule has 1 aliphatic carbocycles.